The summed E-state index contributed by atoms with van der Waals surface area (Å²) in [6, 6.07) is 5.23. The molecule has 0 heterocycles. The van der Waals surface area contributed by atoms with Crippen LogP contribution in [0.2, 0.25) is 0 Å². The van der Waals surface area contributed by atoms with Gasteiger partial charge < -0.3 is 9.84 Å². The predicted octanol–water partition coefficient (Wildman–Crippen LogP) is 3.17. The monoisotopic (exact) mass is 332 g/mol. The van der Waals surface area contributed by atoms with Crippen LogP contribution in [0, 0.1) is 9.49 Å². The maximum Gasteiger partial charge on any atom is 0.339 e. The fourth-order valence-corrected chi connectivity index (χ4v) is 2.03. The van der Waals surface area contributed by atoms with Crippen molar-refractivity contribution in [2.45, 2.75) is 19.3 Å². The summed E-state index contributed by atoms with van der Waals surface area (Å²) in [6.45, 7) is 0.617. The lowest BCUT2D eigenvalue weighted by atomic mass is 10.2. The number of hydrogen-bond acceptors (Lipinski definition) is 2. The van der Waals surface area contributed by atoms with Crippen LogP contribution in [-0.2, 0) is 0 Å². The van der Waals surface area contributed by atoms with E-state index in [1.807, 2.05) is 6.07 Å². The molecule has 0 unspecified atom stereocenters. The van der Waals surface area contributed by atoms with Crippen LogP contribution >= 0.6 is 22.6 Å². The average molecular weight is 332 g/mol. The molecule has 1 aliphatic rings. The summed E-state index contributed by atoms with van der Waals surface area (Å²) in [5.74, 6) is 0.352. The van der Waals surface area contributed by atoms with E-state index < -0.39 is 5.97 Å². The molecule has 1 aromatic carbocycles. The summed E-state index contributed by atoms with van der Waals surface area (Å²) in [6.07, 6.45) is 3.62. The zero-order valence-corrected chi connectivity index (χ0v) is 10.9. The Hall–Kier alpha value is -0.780. The van der Waals surface area contributed by atoms with E-state index in [1.165, 1.54) is 12.8 Å². The van der Waals surface area contributed by atoms with E-state index in [-0.39, 0.29) is 5.56 Å². The lowest BCUT2D eigenvalue weighted by Gasteiger charge is -2.08. The maximum atomic E-state index is 11.0. The van der Waals surface area contributed by atoms with Crippen molar-refractivity contribution in [1.29, 1.82) is 0 Å². The van der Waals surface area contributed by atoms with E-state index >= 15 is 0 Å². The van der Waals surface area contributed by atoms with Crippen LogP contribution in [0.15, 0.2) is 18.2 Å². The minimum atomic E-state index is -0.931. The quantitative estimate of drug-likeness (QED) is 0.843. The van der Waals surface area contributed by atoms with Crippen LogP contribution in [-0.4, -0.2) is 17.7 Å². The number of ether oxygens (including phenoxy) is 1. The van der Waals surface area contributed by atoms with Gasteiger partial charge in [0.05, 0.1) is 6.61 Å². The third-order valence-electron chi connectivity index (χ3n) is 2.65. The molecular weight excluding hydrogens is 319 g/mol. The third-order valence-corrected chi connectivity index (χ3v) is 3.32. The second-order valence-corrected chi connectivity index (χ2v) is 5.27. The van der Waals surface area contributed by atoms with E-state index in [0.29, 0.717) is 12.4 Å². The molecule has 1 N–H and O–H groups in total. The van der Waals surface area contributed by atoms with Gasteiger partial charge in [-0.05, 0) is 53.1 Å². The zero-order valence-electron chi connectivity index (χ0n) is 8.78. The highest BCUT2D eigenvalue weighted by atomic mass is 127. The van der Waals surface area contributed by atoms with Crippen LogP contribution in [0.3, 0.4) is 0 Å². The van der Waals surface area contributed by atoms with Crippen molar-refractivity contribution in [2.75, 3.05) is 6.61 Å². The summed E-state index contributed by atoms with van der Waals surface area (Å²) in [4.78, 5) is 11.0. The van der Waals surface area contributed by atoms with Gasteiger partial charge in [-0.3, -0.25) is 0 Å². The molecule has 0 saturated heterocycles. The minimum Gasteiger partial charge on any atom is -0.493 e. The molecule has 4 heteroatoms. The fourth-order valence-electron chi connectivity index (χ4n) is 1.54. The van der Waals surface area contributed by atoms with E-state index in [4.69, 9.17) is 9.84 Å². The first-order valence-electron chi connectivity index (χ1n) is 5.32. The topological polar surface area (TPSA) is 46.5 Å². The van der Waals surface area contributed by atoms with Gasteiger partial charge in [0.15, 0.2) is 0 Å². The number of benzene rings is 1. The molecule has 2 rings (SSSR count). The normalized spacial score (nSPS) is 14.8. The SMILES string of the molecule is O=C(O)c1cc(I)ccc1OCCC1CC1. The molecule has 0 amide bonds. The van der Waals surface area contributed by atoms with Gasteiger partial charge in [0.1, 0.15) is 11.3 Å². The smallest absolute Gasteiger partial charge is 0.339 e. The van der Waals surface area contributed by atoms with E-state index in [2.05, 4.69) is 22.6 Å². The van der Waals surface area contributed by atoms with E-state index in [1.54, 1.807) is 12.1 Å². The Balaban J connectivity index is 2.02. The van der Waals surface area contributed by atoms with Crippen molar-refractivity contribution in [2.24, 2.45) is 5.92 Å². The van der Waals surface area contributed by atoms with Gasteiger partial charge >= 0.3 is 5.97 Å². The highest BCUT2D eigenvalue weighted by molar-refractivity contribution is 14.1. The van der Waals surface area contributed by atoms with Crippen LogP contribution in [0.4, 0.5) is 0 Å². The molecule has 1 fully saturated rings. The highest BCUT2D eigenvalue weighted by Crippen LogP contribution is 2.32. The standard InChI is InChI=1S/C12H13IO3/c13-9-3-4-11(10(7-9)12(14)15)16-6-5-8-1-2-8/h3-4,7-8H,1-2,5-6H2,(H,14,15). The van der Waals surface area contributed by atoms with Crippen LogP contribution in [0.1, 0.15) is 29.6 Å². The van der Waals surface area contributed by atoms with Crippen molar-refractivity contribution < 1.29 is 14.6 Å². The number of aromatic carboxylic acids is 1. The summed E-state index contributed by atoms with van der Waals surface area (Å²) < 4.78 is 6.43. The maximum absolute atomic E-state index is 11.0. The summed E-state index contributed by atoms with van der Waals surface area (Å²) in [7, 11) is 0. The second-order valence-electron chi connectivity index (χ2n) is 4.03. The first-order valence-corrected chi connectivity index (χ1v) is 6.40. The molecule has 0 bridgehead atoms. The predicted molar refractivity (Wildman–Crippen MR) is 69.0 cm³/mol. The third kappa shape index (κ3) is 3.10. The Kier molecular flexibility index (Phi) is 3.68. The number of carbonyl (C=O) groups is 1. The molecule has 3 nitrogen and oxygen atoms in total. The van der Waals surface area contributed by atoms with Gasteiger partial charge in [-0.25, -0.2) is 4.79 Å². The minimum absolute atomic E-state index is 0.252. The molecule has 1 saturated carbocycles. The molecule has 16 heavy (non-hydrogen) atoms. The number of rotatable bonds is 5. The second kappa shape index (κ2) is 5.03. The molecule has 0 aliphatic heterocycles. The number of hydrogen-bond donors (Lipinski definition) is 1. The molecule has 1 aliphatic carbocycles. The molecule has 0 spiro atoms. The van der Waals surface area contributed by atoms with Crippen molar-refractivity contribution in [3.8, 4) is 5.75 Å². The Morgan fingerprint density at radius 1 is 1.50 bits per heavy atom. The summed E-state index contributed by atoms with van der Waals surface area (Å²) >= 11 is 2.09. The molecule has 0 atom stereocenters. The van der Waals surface area contributed by atoms with E-state index in [0.717, 1.165) is 15.9 Å². The molecule has 86 valence electrons. The fraction of sp³-hybridized carbons (Fsp3) is 0.417. The van der Waals surface area contributed by atoms with Crippen LogP contribution < -0.4 is 4.74 Å². The van der Waals surface area contributed by atoms with Gasteiger partial charge in [0.25, 0.3) is 0 Å². The lowest BCUT2D eigenvalue weighted by molar-refractivity contribution is 0.0692. The molecule has 0 radical (unpaired) electrons. The van der Waals surface area contributed by atoms with Crippen molar-refractivity contribution >= 4 is 28.6 Å². The van der Waals surface area contributed by atoms with Gasteiger partial charge in [0, 0.05) is 3.57 Å². The Labute approximate surface area is 108 Å². The Morgan fingerprint density at radius 3 is 2.88 bits per heavy atom. The van der Waals surface area contributed by atoms with Crippen molar-refractivity contribution in [3.05, 3.63) is 27.3 Å². The Morgan fingerprint density at radius 2 is 2.25 bits per heavy atom. The molecular formula is C12H13IO3. The van der Waals surface area contributed by atoms with Gasteiger partial charge in [-0.15, -0.1) is 0 Å². The number of halogens is 1. The Bertz CT molecular complexity index is 399. The molecule has 0 aromatic heterocycles. The van der Waals surface area contributed by atoms with Crippen LogP contribution in [0.25, 0.3) is 0 Å². The van der Waals surface area contributed by atoms with Crippen molar-refractivity contribution in [1.82, 2.24) is 0 Å². The summed E-state index contributed by atoms with van der Waals surface area (Å²) in [5, 5.41) is 9.03. The first-order chi connectivity index (χ1) is 7.66. The van der Waals surface area contributed by atoms with Gasteiger partial charge in [0.2, 0.25) is 0 Å². The number of carboxylic acids is 1. The lowest BCUT2D eigenvalue weighted by Crippen LogP contribution is -2.05. The van der Waals surface area contributed by atoms with E-state index in [9.17, 15) is 4.79 Å². The van der Waals surface area contributed by atoms with Crippen molar-refractivity contribution in [3.63, 3.8) is 0 Å². The van der Waals surface area contributed by atoms with Crippen LogP contribution in [0.5, 0.6) is 5.75 Å². The highest BCUT2D eigenvalue weighted by Gasteiger charge is 2.21. The zero-order chi connectivity index (χ0) is 11.5. The van der Waals surface area contributed by atoms with Gasteiger partial charge in [-0.2, -0.15) is 0 Å². The largest absolute Gasteiger partial charge is 0.493 e. The first kappa shape index (κ1) is 11.7. The molecule has 1 aromatic rings. The van der Waals surface area contributed by atoms with Gasteiger partial charge in [-0.1, -0.05) is 12.8 Å². The number of carboxylic acid groups (broad SMARTS) is 1. The average Bonchev–Trinajstić information content (AvgIpc) is 3.04. The summed E-state index contributed by atoms with van der Waals surface area (Å²) in [5.41, 5.74) is 0.252.